The fourth-order valence-corrected chi connectivity index (χ4v) is 3.59. The van der Waals surface area contributed by atoms with Crippen molar-refractivity contribution in [2.75, 3.05) is 6.54 Å². The molecule has 0 saturated carbocycles. The highest BCUT2D eigenvalue weighted by molar-refractivity contribution is 7.89. The van der Waals surface area contributed by atoms with E-state index in [0.29, 0.717) is 0 Å². The average Bonchev–Trinajstić information content (AvgIpc) is 2.84. The Labute approximate surface area is 136 Å². The number of sulfonamides is 1. The number of aryl methyl sites for hydroxylation is 2. The molecular formula is C14H15F3N2O4S. The SMILES string of the molecule is Cc1noc(C)c1S(=O)(=O)NC[C@@](O)(c1ccccc1)C(F)(F)F. The Hall–Kier alpha value is -1.91. The van der Waals surface area contributed by atoms with Crippen LogP contribution in [0.4, 0.5) is 13.2 Å². The van der Waals surface area contributed by atoms with Crippen LogP contribution >= 0.6 is 0 Å². The third-order valence-corrected chi connectivity index (χ3v) is 5.12. The number of alkyl halides is 3. The zero-order valence-electron chi connectivity index (χ0n) is 12.8. The lowest BCUT2D eigenvalue weighted by atomic mass is 9.93. The molecule has 1 aromatic heterocycles. The summed E-state index contributed by atoms with van der Waals surface area (Å²) in [6.45, 7) is 1.38. The number of aromatic nitrogens is 1. The topological polar surface area (TPSA) is 92.4 Å². The van der Waals surface area contributed by atoms with Crippen LogP contribution in [0.25, 0.3) is 0 Å². The van der Waals surface area contributed by atoms with Gasteiger partial charge < -0.3 is 9.63 Å². The summed E-state index contributed by atoms with van der Waals surface area (Å²) in [5.74, 6) is -0.0599. The predicted molar refractivity (Wildman–Crippen MR) is 77.6 cm³/mol. The van der Waals surface area contributed by atoms with Crippen LogP contribution in [0.15, 0.2) is 39.8 Å². The molecule has 24 heavy (non-hydrogen) atoms. The zero-order valence-corrected chi connectivity index (χ0v) is 13.6. The summed E-state index contributed by atoms with van der Waals surface area (Å²) in [6.07, 6.45) is -5.09. The molecule has 1 heterocycles. The molecule has 10 heteroatoms. The van der Waals surface area contributed by atoms with Crippen LogP contribution in [0, 0.1) is 13.8 Å². The third-order valence-electron chi connectivity index (χ3n) is 3.47. The summed E-state index contributed by atoms with van der Waals surface area (Å²) in [7, 11) is -4.35. The fraction of sp³-hybridized carbons (Fsp3) is 0.357. The van der Waals surface area contributed by atoms with Crippen molar-refractivity contribution in [2.45, 2.75) is 30.5 Å². The Bertz CT molecular complexity index is 799. The molecule has 0 radical (unpaired) electrons. The van der Waals surface area contributed by atoms with Crippen molar-refractivity contribution in [1.82, 2.24) is 9.88 Å². The van der Waals surface area contributed by atoms with E-state index < -0.39 is 33.9 Å². The summed E-state index contributed by atoms with van der Waals surface area (Å²) >= 11 is 0. The van der Waals surface area contributed by atoms with Crippen molar-refractivity contribution < 1.29 is 31.2 Å². The number of hydrogen-bond donors (Lipinski definition) is 2. The van der Waals surface area contributed by atoms with Crippen molar-refractivity contribution in [3.63, 3.8) is 0 Å². The van der Waals surface area contributed by atoms with Crippen LogP contribution in [0.3, 0.4) is 0 Å². The van der Waals surface area contributed by atoms with E-state index in [4.69, 9.17) is 4.52 Å². The van der Waals surface area contributed by atoms with E-state index in [0.717, 1.165) is 12.1 Å². The molecule has 0 aliphatic rings. The summed E-state index contributed by atoms with van der Waals surface area (Å²) in [5, 5.41) is 13.6. The van der Waals surface area contributed by atoms with E-state index >= 15 is 0 Å². The lowest BCUT2D eigenvalue weighted by molar-refractivity contribution is -0.263. The molecule has 0 saturated heterocycles. The first-order valence-corrected chi connectivity index (χ1v) is 8.24. The molecule has 1 atom stereocenters. The normalized spacial score (nSPS) is 15.2. The Morgan fingerprint density at radius 2 is 1.79 bits per heavy atom. The highest BCUT2D eigenvalue weighted by Gasteiger charge is 2.55. The number of nitrogens with zero attached hydrogens (tertiary/aromatic N) is 1. The van der Waals surface area contributed by atoms with Crippen molar-refractivity contribution in [3.05, 3.63) is 47.3 Å². The van der Waals surface area contributed by atoms with Gasteiger partial charge in [0.15, 0.2) is 11.4 Å². The number of nitrogens with one attached hydrogen (secondary N) is 1. The zero-order chi connectivity index (χ0) is 18.2. The van der Waals surface area contributed by atoms with E-state index in [1.54, 1.807) is 4.72 Å². The van der Waals surface area contributed by atoms with Gasteiger partial charge in [0.25, 0.3) is 0 Å². The van der Waals surface area contributed by atoms with Crippen molar-refractivity contribution >= 4 is 10.0 Å². The quantitative estimate of drug-likeness (QED) is 0.847. The average molecular weight is 364 g/mol. The highest BCUT2D eigenvalue weighted by atomic mass is 32.2. The fourth-order valence-electron chi connectivity index (χ4n) is 2.21. The van der Waals surface area contributed by atoms with Gasteiger partial charge in [-0.3, -0.25) is 0 Å². The molecule has 0 bridgehead atoms. The van der Waals surface area contributed by atoms with Gasteiger partial charge in [-0.05, 0) is 19.4 Å². The van der Waals surface area contributed by atoms with Gasteiger partial charge in [-0.2, -0.15) is 13.2 Å². The van der Waals surface area contributed by atoms with Gasteiger partial charge in [0.05, 0.1) is 6.54 Å². The van der Waals surface area contributed by atoms with Crippen LogP contribution in [0.1, 0.15) is 17.0 Å². The van der Waals surface area contributed by atoms with Crippen LogP contribution in [0.5, 0.6) is 0 Å². The Kier molecular flexibility index (Phi) is 4.75. The van der Waals surface area contributed by atoms with Crippen molar-refractivity contribution in [2.24, 2.45) is 0 Å². The van der Waals surface area contributed by atoms with E-state index in [1.807, 2.05) is 0 Å². The number of benzene rings is 1. The third kappa shape index (κ3) is 3.30. The minimum atomic E-state index is -5.09. The molecule has 2 aromatic rings. The number of halogens is 3. The predicted octanol–water partition coefficient (Wildman–Crippen LogP) is 2.02. The van der Waals surface area contributed by atoms with Gasteiger partial charge in [-0.15, -0.1) is 0 Å². The van der Waals surface area contributed by atoms with Crippen LogP contribution in [-0.4, -0.2) is 31.4 Å². The smallest absolute Gasteiger partial charge is 0.375 e. The van der Waals surface area contributed by atoms with E-state index in [9.17, 15) is 26.7 Å². The van der Waals surface area contributed by atoms with Crippen molar-refractivity contribution in [1.29, 1.82) is 0 Å². The minimum Gasteiger partial charge on any atom is -0.375 e. The van der Waals surface area contributed by atoms with Gasteiger partial charge in [-0.1, -0.05) is 35.5 Å². The second-order valence-corrected chi connectivity index (χ2v) is 6.91. The Balaban J connectivity index is 2.36. The largest absolute Gasteiger partial charge is 0.422 e. The maximum absolute atomic E-state index is 13.4. The van der Waals surface area contributed by atoms with Gasteiger partial charge in [0, 0.05) is 0 Å². The highest BCUT2D eigenvalue weighted by Crippen LogP contribution is 2.38. The molecule has 132 valence electrons. The van der Waals surface area contributed by atoms with Gasteiger partial charge >= 0.3 is 6.18 Å². The summed E-state index contributed by atoms with van der Waals surface area (Å²) in [5.41, 5.74) is -3.84. The Morgan fingerprint density at radius 1 is 1.21 bits per heavy atom. The molecule has 2 rings (SSSR count). The molecule has 0 aliphatic carbocycles. The molecule has 0 unspecified atom stereocenters. The number of aliphatic hydroxyl groups is 1. The lowest BCUT2D eigenvalue weighted by Crippen LogP contribution is -2.51. The van der Waals surface area contributed by atoms with Crippen molar-refractivity contribution in [3.8, 4) is 0 Å². The van der Waals surface area contributed by atoms with Crippen LogP contribution in [0.2, 0.25) is 0 Å². The second-order valence-electron chi connectivity index (χ2n) is 5.20. The summed E-state index contributed by atoms with van der Waals surface area (Å²) in [6, 6.07) is 6.24. The van der Waals surface area contributed by atoms with E-state index in [2.05, 4.69) is 5.16 Å². The Morgan fingerprint density at radius 3 is 2.25 bits per heavy atom. The maximum Gasteiger partial charge on any atom is 0.422 e. The maximum atomic E-state index is 13.4. The molecule has 2 N–H and O–H groups in total. The van der Waals surface area contributed by atoms with Crippen LogP contribution < -0.4 is 4.72 Å². The van der Waals surface area contributed by atoms with Gasteiger partial charge in [-0.25, -0.2) is 13.1 Å². The molecule has 0 fully saturated rings. The molecule has 0 amide bonds. The van der Waals surface area contributed by atoms with Crippen LogP contribution in [-0.2, 0) is 15.6 Å². The first-order valence-electron chi connectivity index (χ1n) is 6.76. The molecule has 1 aromatic carbocycles. The molecule has 0 aliphatic heterocycles. The monoisotopic (exact) mass is 364 g/mol. The minimum absolute atomic E-state index is 0.00950. The second kappa shape index (κ2) is 6.19. The molecule has 6 nitrogen and oxygen atoms in total. The van der Waals surface area contributed by atoms with Gasteiger partial charge in [0.1, 0.15) is 10.6 Å². The number of hydrogen-bond acceptors (Lipinski definition) is 5. The first-order chi connectivity index (χ1) is 11.0. The summed E-state index contributed by atoms with van der Waals surface area (Å²) < 4.78 is 71.1. The molecule has 0 spiro atoms. The summed E-state index contributed by atoms with van der Waals surface area (Å²) in [4.78, 5) is -0.347. The standard InChI is InChI=1S/C14H15F3N2O4S/c1-9-12(10(2)23-19-9)24(21,22)18-8-13(20,14(15,16)17)11-6-4-3-5-7-11/h3-7,18,20H,8H2,1-2H3/t13-/m1/s1. The number of rotatable bonds is 5. The van der Waals surface area contributed by atoms with Gasteiger partial charge in [0.2, 0.25) is 10.0 Å². The molecular weight excluding hydrogens is 349 g/mol. The lowest BCUT2D eigenvalue weighted by Gasteiger charge is -2.31. The van der Waals surface area contributed by atoms with E-state index in [-0.39, 0.29) is 16.3 Å². The first kappa shape index (κ1) is 18.4. The van der Waals surface area contributed by atoms with E-state index in [1.165, 1.54) is 32.0 Å².